The van der Waals surface area contributed by atoms with Crippen molar-refractivity contribution in [2.45, 2.75) is 57.3 Å². The van der Waals surface area contributed by atoms with Crippen molar-refractivity contribution >= 4 is 22.4 Å². The van der Waals surface area contributed by atoms with Crippen molar-refractivity contribution in [1.82, 2.24) is 0 Å². The normalized spacial score (nSPS) is 22.4. The molecule has 1 unspecified atom stereocenters. The van der Waals surface area contributed by atoms with E-state index in [1.807, 2.05) is 31.2 Å². The van der Waals surface area contributed by atoms with Crippen LogP contribution in [0.3, 0.4) is 0 Å². The van der Waals surface area contributed by atoms with Crippen LogP contribution in [0.15, 0.2) is 30.3 Å². The summed E-state index contributed by atoms with van der Waals surface area (Å²) in [7, 11) is 0. The quantitative estimate of drug-likeness (QED) is 0.660. The highest BCUT2D eigenvalue weighted by molar-refractivity contribution is 6.37. The van der Waals surface area contributed by atoms with Gasteiger partial charge in [0.1, 0.15) is 5.75 Å². The van der Waals surface area contributed by atoms with Crippen LogP contribution < -0.4 is 10.5 Å². The molecule has 2 nitrogen and oxygen atoms in total. The van der Waals surface area contributed by atoms with Crippen LogP contribution in [0.2, 0.25) is 5.02 Å². The fourth-order valence-corrected chi connectivity index (χ4v) is 3.80. The molecule has 0 saturated heterocycles. The third-order valence-corrected chi connectivity index (χ3v) is 5.63. The second-order valence-electron chi connectivity index (χ2n) is 7.01. The number of alkyl halides is 3. The van der Waals surface area contributed by atoms with Crippen LogP contribution in [-0.4, -0.2) is 12.3 Å². The Balaban J connectivity index is 1.77. The third-order valence-electron chi connectivity index (χ3n) is 5.24. The fourth-order valence-electron chi connectivity index (χ4n) is 3.53. The molecule has 0 aromatic heterocycles. The van der Waals surface area contributed by atoms with Crippen molar-refractivity contribution < 1.29 is 17.9 Å². The molecule has 1 saturated carbocycles. The summed E-state index contributed by atoms with van der Waals surface area (Å²) in [5.41, 5.74) is 7.11. The van der Waals surface area contributed by atoms with Gasteiger partial charge in [0.05, 0.1) is 17.0 Å². The first-order valence-electron chi connectivity index (χ1n) is 9.00. The molecule has 0 bridgehead atoms. The number of nitrogens with two attached hydrogens (primary N) is 1. The van der Waals surface area contributed by atoms with Gasteiger partial charge >= 0.3 is 6.18 Å². The number of ether oxygens (including phenoxy) is 1. The van der Waals surface area contributed by atoms with Gasteiger partial charge in [-0.25, -0.2) is 0 Å². The Bertz CT molecular complexity index is 769. The summed E-state index contributed by atoms with van der Waals surface area (Å²) in [6, 6.07) is 9.59. The van der Waals surface area contributed by atoms with Crippen LogP contribution in [0.4, 0.5) is 13.2 Å². The van der Waals surface area contributed by atoms with Crippen LogP contribution in [0.5, 0.6) is 5.75 Å². The van der Waals surface area contributed by atoms with Gasteiger partial charge in [-0.1, -0.05) is 36.7 Å². The fraction of sp³-hybridized carbons (Fsp3) is 0.500. The van der Waals surface area contributed by atoms with Crippen molar-refractivity contribution in [3.05, 3.63) is 40.9 Å². The topological polar surface area (TPSA) is 35.2 Å². The van der Waals surface area contributed by atoms with Crippen molar-refractivity contribution in [3.63, 3.8) is 0 Å². The Morgan fingerprint density at radius 1 is 1.15 bits per heavy atom. The largest absolute Gasteiger partial charge is 0.489 e. The van der Waals surface area contributed by atoms with E-state index in [0.717, 1.165) is 22.8 Å². The minimum absolute atomic E-state index is 0.0577. The summed E-state index contributed by atoms with van der Waals surface area (Å²) in [4.78, 5) is 0. The van der Waals surface area contributed by atoms with Crippen molar-refractivity contribution in [2.75, 3.05) is 0 Å². The lowest BCUT2D eigenvalue weighted by atomic mass is 9.87. The van der Waals surface area contributed by atoms with Crippen molar-refractivity contribution in [2.24, 2.45) is 11.7 Å². The van der Waals surface area contributed by atoms with Crippen LogP contribution in [-0.2, 0) is 0 Å². The highest BCUT2D eigenvalue weighted by atomic mass is 35.5. The number of rotatable bonds is 4. The van der Waals surface area contributed by atoms with Crippen LogP contribution >= 0.6 is 11.6 Å². The lowest BCUT2D eigenvalue weighted by Crippen LogP contribution is -2.31. The highest BCUT2D eigenvalue weighted by Gasteiger charge is 2.41. The second-order valence-corrected chi connectivity index (χ2v) is 7.38. The highest BCUT2D eigenvalue weighted by Crippen LogP contribution is 2.40. The average Bonchev–Trinajstić information content (AvgIpc) is 2.63. The number of halogens is 4. The molecule has 2 aromatic rings. The summed E-state index contributed by atoms with van der Waals surface area (Å²) in [6.45, 7) is 2.02. The van der Waals surface area contributed by atoms with E-state index in [1.54, 1.807) is 6.07 Å². The first kappa shape index (κ1) is 19.3. The van der Waals surface area contributed by atoms with E-state index < -0.39 is 12.1 Å². The molecular formula is C20H23ClF3NO. The molecule has 1 atom stereocenters. The average molecular weight is 386 g/mol. The molecule has 26 heavy (non-hydrogen) atoms. The molecule has 0 spiro atoms. The molecule has 142 valence electrons. The Kier molecular flexibility index (Phi) is 5.68. The van der Waals surface area contributed by atoms with E-state index in [2.05, 4.69) is 0 Å². The smallest absolute Gasteiger partial charge is 0.391 e. The SMILES string of the molecule is CCC(N)c1ccc2ccc(OC3CCC(C(F)(F)F)CC3)c(Cl)c2c1. The van der Waals surface area contributed by atoms with E-state index in [-0.39, 0.29) is 25.0 Å². The summed E-state index contributed by atoms with van der Waals surface area (Å²) in [5.74, 6) is -0.690. The number of hydrogen-bond acceptors (Lipinski definition) is 2. The number of fused-ring (bicyclic) bond motifs is 1. The van der Waals surface area contributed by atoms with Crippen molar-refractivity contribution in [1.29, 1.82) is 0 Å². The zero-order valence-corrected chi connectivity index (χ0v) is 15.4. The van der Waals surface area contributed by atoms with Gasteiger partial charge in [0.2, 0.25) is 0 Å². The van der Waals surface area contributed by atoms with E-state index in [9.17, 15) is 13.2 Å². The minimum atomic E-state index is -4.11. The Morgan fingerprint density at radius 3 is 2.42 bits per heavy atom. The van der Waals surface area contributed by atoms with Gasteiger partial charge in [-0.05, 0) is 55.2 Å². The predicted molar refractivity (Wildman–Crippen MR) is 98.6 cm³/mol. The molecule has 2 aromatic carbocycles. The lowest BCUT2D eigenvalue weighted by molar-refractivity contribution is -0.185. The molecule has 1 aliphatic carbocycles. The summed E-state index contributed by atoms with van der Waals surface area (Å²) in [5, 5.41) is 2.33. The summed E-state index contributed by atoms with van der Waals surface area (Å²) >= 11 is 6.54. The number of hydrogen-bond donors (Lipinski definition) is 1. The van der Waals surface area contributed by atoms with E-state index in [0.29, 0.717) is 23.6 Å². The summed E-state index contributed by atoms with van der Waals surface area (Å²) < 4.78 is 44.3. The Labute approximate surface area is 156 Å². The van der Waals surface area contributed by atoms with E-state index in [4.69, 9.17) is 22.1 Å². The predicted octanol–water partition coefficient (Wildman–Crippen LogP) is 6.40. The van der Waals surface area contributed by atoms with Gasteiger partial charge in [0, 0.05) is 11.4 Å². The lowest BCUT2D eigenvalue weighted by Gasteiger charge is -2.30. The molecule has 2 N–H and O–H groups in total. The van der Waals surface area contributed by atoms with E-state index in [1.165, 1.54) is 0 Å². The molecular weight excluding hydrogens is 363 g/mol. The van der Waals surface area contributed by atoms with Gasteiger partial charge in [-0.3, -0.25) is 0 Å². The molecule has 0 heterocycles. The van der Waals surface area contributed by atoms with Crippen molar-refractivity contribution in [3.8, 4) is 5.75 Å². The maximum absolute atomic E-state index is 12.8. The third kappa shape index (κ3) is 4.09. The molecule has 0 amide bonds. The monoisotopic (exact) mass is 385 g/mol. The molecule has 6 heteroatoms. The van der Waals surface area contributed by atoms with Gasteiger partial charge in [-0.2, -0.15) is 13.2 Å². The van der Waals surface area contributed by atoms with Gasteiger partial charge in [0.25, 0.3) is 0 Å². The van der Waals surface area contributed by atoms with Gasteiger partial charge in [0.15, 0.2) is 0 Å². The summed E-state index contributed by atoms with van der Waals surface area (Å²) in [6.07, 6.45) is -2.53. The zero-order chi connectivity index (χ0) is 18.9. The van der Waals surface area contributed by atoms with Crippen LogP contribution in [0.25, 0.3) is 10.8 Å². The number of benzene rings is 2. The maximum atomic E-state index is 12.8. The molecule has 1 aliphatic rings. The molecule has 1 fully saturated rings. The Morgan fingerprint density at radius 2 is 1.81 bits per heavy atom. The van der Waals surface area contributed by atoms with Gasteiger partial charge in [-0.15, -0.1) is 0 Å². The molecule has 0 radical (unpaired) electrons. The maximum Gasteiger partial charge on any atom is 0.391 e. The van der Waals surface area contributed by atoms with Crippen LogP contribution in [0, 0.1) is 5.92 Å². The minimum Gasteiger partial charge on any atom is -0.489 e. The van der Waals surface area contributed by atoms with Crippen LogP contribution in [0.1, 0.15) is 50.6 Å². The molecule has 3 rings (SSSR count). The van der Waals surface area contributed by atoms with Gasteiger partial charge < -0.3 is 10.5 Å². The van der Waals surface area contributed by atoms with E-state index >= 15 is 0 Å². The Hall–Kier alpha value is -1.46. The zero-order valence-electron chi connectivity index (χ0n) is 14.7. The first-order chi connectivity index (χ1) is 12.3. The molecule has 0 aliphatic heterocycles. The second kappa shape index (κ2) is 7.65. The first-order valence-corrected chi connectivity index (χ1v) is 9.38. The standard InChI is InChI=1S/C20H23ClF3NO/c1-2-17(25)13-4-3-12-5-10-18(19(21)16(12)11-13)26-15-8-6-14(7-9-15)20(22,23)24/h3-5,10-11,14-15,17H,2,6-9,25H2,1H3.